The first-order chi connectivity index (χ1) is 8.72. The Labute approximate surface area is 108 Å². The van der Waals surface area contributed by atoms with E-state index in [0.29, 0.717) is 0 Å². The van der Waals surface area contributed by atoms with Crippen molar-refractivity contribution in [2.24, 2.45) is 4.99 Å². The van der Waals surface area contributed by atoms with Crippen molar-refractivity contribution >= 4 is 6.08 Å². The van der Waals surface area contributed by atoms with E-state index in [4.69, 9.17) is 4.74 Å². The van der Waals surface area contributed by atoms with Crippen LogP contribution in [0, 0.1) is 0 Å². The maximum atomic E-state index is 10.7. The molecule has 3 nitrogen and oxygen atoms in total. The summed E-state index contributed by atoms with van der Waals surface area (Å²) in [4.78, 5) is 14.7. The molecule has 2 rings (SSSR count). The van der Waals surface area contributed by atoms with Crippen LogP contribution in [0.25, 0.3) is 0 Å². The number of isocyanates is 1. The van der Waals surface area contributed by atoms with Gasteiger partial charge >= 0.3 is 0 Å². The van der Waals surface area contributed by atoms with Crippen molar-refractivity contribution in [2.75, 3.05) is 7.11 Å². The molecule has 1 atom stereocenters. The molecule has 1 saturated carbocycles. The van der Waals surface area contributed by atoms with E-state index in [-0.39, 0.29) is 11.6 Å². The van der Waals surface area contributed by atoms with E-state index < -0.39 is 0 Å². The largest absolute Gasteiger partial charge is 0.381 e. The van der Waals surface area contributed by atoms with Crippen molar-refractivity contribution in [3.63, 3.8) is 0 Å². The molecule has 0 aliphatic heterocycles. The number of ether oxygens (including phenoxy) is 1. The number of benzene rings is 1. The number of nitrogens with zero attached hydrogens (tertiary/aromatic N) is 1. The Balaban J connectivity index is 2.34. The van der Waals surface area contributed by atoms with E-state index in [1.54, 1.807) is 13.2 Å². The second kappa shape index (κ2) is 5.47. The molecule has 1 unspecified atom stereocenters. The van der Waals surface area contributed by atoms with Crippen LogP contribution in [0.4, 0.5) is 0 Å². The molecule has 3 heteroatoms. The predicted molar refractivity (Wildman–Crippen MR) is 70.3 cm³/mol. The first kappa shape index (κ1) is 13.0. The Kier molecular flexibility index (Phi) is 3.95. The van der Waals surface area contributed by atoms with E-state index in [2.05, 4.69) is 17.1 Å². The number of hydrogen-bond acceptors (Lipinski definition) is 3. The van der Waals surface area contributed by atoms with Crippen molar-refractivity contribution < 1.29 is 9.53 Å². The lowest BCUT2D eigenvalue weighted by Gasteiger charge is -2.38. The summed E-state index contributed by atoms with van der Waals surface area (Å²) < 4.78 is 5.33. The summed E-state index contributed by atoms with van der Waals surface area (Å²) in [6.07, 6.45) is 5.78. The van der Waals surface area contributed by atoms with Gasteiger partial charge in [-0.1, -0.05) is 24.3 Å². The maximum Gasteiger partial charge on any atom is 0.235 e. The van der Waals surface area contributed by atoms with Gasteiger partial charge in [0.2, 0.25) is 6.08 Å². The summed E-state index contributed by atoms with van der Waals surface area (Å²) in [5.74, 6) is 0. The van der Waals surface area contributed by atoms with E-state index in [9.17, 15) is 4.79 Å². The summed E-state index contributed by atoms with van der Waals surface area (Å²) in [6.45, 7) is 2.05. The zero-order chi connectivity index (χ0) is 13.0. The number of aliphatic imine (C=N–C) groups is 1. The van der Waals surface area contributed by atoms with Gasteiger partial charge in [0.25, 0.3) is 0 Å². The van der Waals surface area contributed by atoms with Crippen LogP contribution in [-0.4, -0.2) is 19.3 Å². The zero-order valence-electron chi connectivity index (χ0n) is 11.0. The standard InChI is InChI=1S/C15H19NO2/c1-12(18-2)10-13-6-3-4-7-14(13)15(16-11-17)8-5-9-15/h3-4,6-7,12H,5,8-10H2,1-2H3. The number of rotatable bonds is 5. The molecule has 18 heavy (non-hydrogen) atoms. The Hall–Kier alpha value is -1.44. The summed E-state index contributed by atoms with van der Waals surface area (Å²) >= 11 is 0. The molecule has 1 aromatic carbocycles. The first-order valence-corrected chi connectivity index (χ1v) is 6.42. The average molecular weight is 245 g/mol. The first-order valence-electron chi connectivity index (χ1n) is 6.42. The number of carbonyl (C=O) groups excluding carboxylic acids is 1. The molecule has 0 spiro atoms. The van der Waals surface area contributed by atoms with Gasteiger partial charge in [-0.2, -0.15) is 4.99 Å². The minimum absolute atomic E-state index is 0.170. The highest BCUT2D eigenvalue weighted by Gasteiger charge is 2.40. The van der Waals surface area contributed by atoms with E-state index in [1.165, 1.54) is 11.1 Å². The van der Waals surface area contributed by atoms with Crippen LogP contribution in [0.1, 0.15) is 37.3 Å². The molecule has 0 aromatic heterocycles. The zero-order valence-corrected chi connectivity index (χ0v) is 11.0. The van der Waals surface area contributed by atoms with Gasteiger partial charge in [-0.15, -0.1) is 0 Å². The summed E-state index contributed by atoms with van der Waals surface area (Å²) in [6, 6.07) is 8.22. The third kappa shape index (κ3) is 2.38. The highest BCUT2D eigenvalue weighted by molar-refractivity contribution is 5.42. The Morgan fingerprint density at radius 3 is 2.72 bits per heavy atom. The lowest BCUT2D eigenvalue weighted by atomic mass is 9.70. The fourth-order valence-electron chi connectivity index (χ4n) is 2.59. The fourth-order valence-corrected chi connectivity index (χ4v) is 2.59. The van der Waals surface area contributed by atoms with Crippen molar-refractivity contribution in [3.8, 4) is 0 Å². The fraction of sp³-hybridized carbons (Fsp3) is 0.533. The van der Waals surface area contributed by atoms with Gasteiger partial charge in [-0.3, -0.25) is 0 Å². The van der Waals surface area contributed by atoms with E-state index in [0.717, 1.165) is 25.7 Å². The molecule has 0 radical (unpaired) electrons. The molecule has 0 amide bonds. The van der Waals surface area contributed by atoms with Crippen LogP contribution in [0.3, 0.4) is 0 Å². The minimum Gasteiger partial charge on any atom is -0.381 e. The van der Waals surface area contributed by atoms with Crippen LogP contribution >= 0.6 is 0 Å². The van der Waals surface area contributed by atoms with Gasteiger partial charge in [0, 0.05) is 7.11 Å². The van der Waals surface area contributed by atoms with Gasteiger partial charge in [-0.25, -0.2) is 4.79 Å². The van der Waals surface area contributed by atoms with Crippen molar-refractivity contribution in [3.05, 3.63) is 35.4 Å². The third-order valence-electron chi connectivity index (χ3n) is 3.87. The van der Waals surface area contributed by atoms with Crippen LogP contribution in [-0.2, 0) is 21.5 Å². The number of hydrogen-bond donors (Lipinski definition) is 0. The maximum absolute atomic E-state index is 10.7. The van der Waals surface area contributed by atoms with Gasteiger partial charge in [0.05, 0.1) is 11.6 Å². The van der Waals surface area contributed by atoms with Gasteiger partial charge < -0.3 is 4.74 Å². The topological polar surface area (TPSA) is 38.7 Å². The molecule has 0 saturated heterocycles. The molecule has 1 aromatic rings. The lowest BCUT2D eigenvalue weighted by molar-refractivity contribution is 0.118. The molecule has 96 valence electrons. The monoisotopic (exact) mass is 245 g/mol. The highest BCUT2D eigenvalue weighted by Crippen LogP contribution is 2.46. The van der Waals surface area contributed by atoms with Crippen molar-refractivity contribution in [1.82, 2.24) is 0 Å². The molecule has 0 N–H and O–H groups in total. The highest BCUT2D eigenvalue weighted by atomic mass is 16.5. The molecular formula is C15H19NO2. The SMILES string of the molecule is COC(C)Cc1ccccc1C1(N=C=O)CCC1. The minimum atomic E-state index is -0.314. The molecule has 0 bridgehead atoms. The van der Waals surface area contributed by atoms with Crippen LogP contribution in [0.15, 0.2) is 29.3 Å². The summed E-state index contributed by atoms with van der Waals surface area (Å²) in [7, 11) is 1.72. The van der Waals surface area contributed by atoms with Crippen LogP contribution in [0.2, 0.25) is 0 Å². The van der Waals surface area contributed by atoms with Crippen molar-refractivity contribution in [1.29, 1.82) is 0 Å². The second-order valence-electron chi connectivity index (χ2n) is 5.00. The number of methoxy groups -OCH3 is 1. The Bertz CT molecular complexity index is 459. The quantitative estimate of drug-likeness (QED) is 0.591. The second-order valence-corrected chi connectivity index (χ2v) is 5.00. The molecule has 0 heterocycles. The Morgan fingerprint density at radius 2 is 2.17 bits per heavy atom. The average Bonchev–Trinajstić information content (AvgIpc) is 2.34. The Morgan fingerprint density at radius 1 is 1.44 bits per heavy atom. The van der Waals surface area contributed by atoms with Gasteiger partial charge in [0.1, 0.15) is 0 Å². The van der Waals surface area contributed by atoms with E-state index in [1.807, 2.05) is 19.1 Å². The molecular weight excluding hydrogens is 226 g/mol. The third-order valence-corrected chi connectivity index (χ3v) is 3.87. The normalized spacial score (nSPS) is 18.6. The summed E-state index contributed by atoms with van der Waals surface area (Å²) in [5, 5.41) is 0. The van der Waals surface area contributed by atoms with Crippen molar-refractivity contribution in [2.45, 2.75) is 44.2 Å². The van der Waals surface area contributed by atoms with E-state index >= 15 is 0 Å². The molecule has 1 fully saturated rings. The van der Waals surface area contributed by atoms with Crippen LogP contribution < -0.4 is 0 Å². The van der Waals surface area contributed by atoms with Crippen LogP contribution in [0.5, 0.6) is 0 Å². The van der Waals surface area contributed by atoms with Gasteiger partial charge in [-0.05, 0) is 43.7 Å². The predicted octanol–water partition coefficient (Wildman–Crippen LogP) is 2.98. The smallest absolute Gasteiger partial charge is 0.235 e. The molecule has 1 aliphatic carbocycles. The molecule has 1 aliphatic rings. The van der Waals surface area contributed by atoms with Gasteiger partial charge in [0.15, 0.2) is 0 Å². The lowest BCUT2D eigenvalue weighted by Crippen LogP contribution is -2.33. The summed E-state index contributed by atoms with van der Waals surface area (Å²) in [5.41, 5.74) is 2.08.